The summed E-state index contributed by atoms with van der Waals surface area (Å²) in [5.74, 6) is -0.591. The number of hydrazone groups is 1. The Morgan fingerprint density at radius 2 is 1.59 bits per heavy atom. The number of rotatable bonds is 9. The number of amides is 2. The largest absolute Gasteiger partial charge is 0.459 e. The van der Waals surface area contributed by atoms with Crippen molar-refractivity contribution in [1.82, 2.24) is 10.7 Å². The summed E-state index contributed by atoms with van der Waals surface area (Å²) in [4.78, 5) is 37.3. The quantitative estimate of drug-likeness (QED) is 0.203. The Labute approximate surface area is 225 Å². The molecular formula is C27H27Cl2N3O5. The fourth-order valence-corrected chi connectivity index (χ4v) is 3.55. The number of carbonyl (C=O) groups is 3. The van der Waals surface area contributed by atoms with Crippen LogP contribution < -0.4 is 10.7 Å². The Morgan fingerprint density at radius 3 is 2.22 bits per heavy atom. The van der Waals surface area contributed by atoms with Crippen LogP contribution in [0.3, 0.4) is 0 Å². The van der Waals surface area contributed by atoms with Gasteiger partial charge in [-0.1, -0.05) is 49.2 Å². The van der Waals surface area contributed by atoms with Crippen molar-refractivity contribution in [3.8, 4) is 11.3 Å². The van der Waals surface area contributed by atoms with Gasteiger partial charge in [0.2, 0.25) is 0 Å². The minimum absolute atomic E-state index is 0.200. The van der Waals surface area contributed by atoms with Crippen LogP contribution in [0.5, 0.6) is 0 Å². The van der Waals surface area contributed by atoms with Gasteiger partial charge in [0.05, 0.1) is 27.9 Å². The Kier molecular flexibility index (Phi) is 9.49. The molecule has 1 aromatic heterocycles. The summed E-state index contributed by atoms with van der Waals surface area (Å²) >= 11 is 11.9. The molecule has 1 unspecified atom stereocenters. The van der Waals surface area contributed by atoms with Gasteiger partial charge < -0.3 is 14.5 Å². The van der Waals surface area contributed by atoms with Crippen LogP contribution in [0.1, 0.15) is 54.2 Å². The van der Waals surface area contributed by atoms with Crippen LogP contribution in [0.2, 0.25) is 10.0 Å². The van der Waals surface area contributed by atoms with Gasteiger partial charge in [-0.05, 0) is 62.2 Å². The topological polar surface area (TPSA) is 110 Å². The zero-order valence-corrected chi connectivity index (χ0v) is 22.3. The van der Waals surface area contributed by atoms with Crippen molar-refractivity contribution in [3.63, 3.8) is 0 Å². The van der Waals surface area contributed by atoms with Crippen molar-refractivity contribution in [1.29, 1.82) is 0 Å². The second-order valence-electron chi connectivity index (χ2n) is 8.79. The van der Waals surface area contributed by atoms with E-state index >= 15 is 0 Å². The van der Waals surface area contributed by atoms with E-state index in [1.54, 1.807) is 64.1 Å². The lowest BCUT2D eigenvalue weighted by molar-refractivity contribution is -0.123. The first kappa shape index (κ1) is 28.0. The summed E-state index contributed by atoms with van der Waals surface area (Å²) in [7, 11) is 0. The minimum atomic E-state index is -0.841. The first-order valence-electron chi connectivity index (χ1n) is 11.5. The highest BCUT2D eigenvalue weighted by Gasteiger charge is 2.25. The second kappa shape index (κ2) is 12.6. The van der Waals surface area contributed by atoms with Crippen LogP contribution in [-0.2, 0) is 9.53 Å². The van der Waals surface area contributed by atoms with Gasteiger partial charge in [0, 0.05) is 11.1 Å². The predicted molar refractivity (Wildman–Crippen MR) is 143 cm³/mol. The predicted octanol–water partition coefficient (Wildman–Crippen LogP) is 5.72. The average molecular weight is 544 g/mol. The van der Waals surface area contributed by atoms with E-state index in [2.05, 4.69) is 15.8 Å². The van der Waals surface area contributed by atoms with Gasteiger partial charge in [0.15, 0.2) is 0 Å². The summed E-state index contributed by atoms with van der Waals surface area (Å²) in [6, 6.07) is 13.9. The molecule has 2 N–H and O–H groups in total. The fourth-order valence-electron chi connectivity index (χ4n) is 3.26. The molecule has 0 aliphatic carbocycles. The summed E-state index contributed by atoms with van der Waals surface area (Å²) < 4.78 is 10.9. The molecule has 1 atom stereocenters. The highest BCUT2D eigenvalue weighted by molar-refractivity contribution is 6.42. The van der Waals surface area contributed by atoms with Crippen molar-refractivity contribution in [2.45, 2.75) is 39.8 Å². The molecule has 194 valence electrons. The molecule has 0 saturated heterocycles. The van der Waals surface area contributed by atoms with E-state index in [0.29, 0.717) is 22.1 Å². The molecule has 2 amide bonds. The minimum Gasteiger partial charge on any atom is -0.459 e. The maximum absolute atomic E-state index is 12.7. The number of benzene rings is 2. The molecule has 37 heavy (non-hydrogen) atoms. The molecule has 0 fully saturated rings. The van der Waals surface area contributed by atoms with Gasteiger partial charge in [-0.2, -0.15) is 5.10 Å². The molecule has 0 spiro atoms. The van der Waals surface area contributed by atoms with E-state index in [4.69, 9.17) is 32.4 Å². The number of esters is 1. The van der Waals surface area contributed by atoms with Crippen molar-refractivity contribution >= 4 is 47.2 Å². The zero-order chi connectivity index (χ0) is 27.1. The molecule has 2 aromatic carbocycles. The number of furan rings is 1. The normalized spacial score (nSPS) is 12.1. The van der Waals surface area contributed by atoms with Crippen molar-refractivity contribution in [3.05, 3.63) is 81.5 Å². The van der Waals surface area contributed by atoms with Gasteiger partial charge >= 0.3 is 5.97 Å². The van der Waals surface area contributed by atoms with Gasteiger partial charge in [-0.15, -0.1) is 0 Å². The summed E-state index contributed by atoms with van der Waals surface area (Å²) in [6.45, 7) is 7.18. The highest BCUT2D eigenvalue weighted by Crippen LogP contribution is 2.23. The lowest BCUT2D eigenvalue weighted by atomic mass is 10.0. The highest BCUT2D eigenvalue weighted by atomic mass is 35.5. The van der Waals surface area contributed by atoms with Gasteiger partial charge in [-0.25, -0.2) is 10.2 Å². The molecule has 3 rings (SSSR count). The van der Waals surface area contributed by atoms with Crippen LogP contribution in [0.15, 0.2) is 64.1 Å². The third-order valence-electron chi connectivity index (χ3n) is 5.16. The van der Waals surface area contributed by atoms with E-state index in [1.807, 2.05) is 0 Å². The molecule has 0 saturated carbocycles. The summed E-state index contributed by atoms with van der Waals surface area (Å²) in [5, 5.41) is 7.22. The maximum atomic E-state index is 12.7. The number of nitrogens with zero attached hydrogens (tertiary/aromatic N) is 1. The van der Waals surface area contributed by atoms with Crippen LogP contribution in [0.25, 0.3) is 11.3 Å². The third-order valence-corrected chi connectivity index (χ3v) is 5.90. The molecule has 0 aliphatic heterocycles. The maximum Gasteiger partial charge on any atom is 0.338 e. The SMILES string of the molecule is CC(C)OC(=O)c1ccc(-c2ccc(C=NNC(=O)C(NC(=O)c3ccc(Cl)c(Cl)c3)C(C)C)o2)cc1. The monoisotopic (exact) mass is 543 g/mol. The van der Waals surface area contributed by atoms with E-state index in [1.165, 1.54) is 24.4 Å². The summed E-state index contributed by atoms with van der Waals surface area (Å²) in [5.41, 5.74) is 3.92. The molecule has 1 heterocycles. The van der Waals surface area contributed by atoms with Gasteiger partial charge in [0.1, 0.15) is 17.6 Å². The van der Waals surface area contributed by atoms with Gasteiger partial charge in [0.25, 0.3) is 11.8 Å². The van der Waals surface area contributed by atoms with Crippen LogP contribution in [0, 0.1) is 5.92 Å². The van der Waals surface area contributed by atoms with E-state index in [0.717, 1.165) is 5.56 Å². The van der Waals surface area contributed by atoms with Crippen LogP contribution >= 0.6 is 23.2 Å². The van der Waals surface area contributed by atoms with E-state index in [-0.39, 0.29) is 22.6 Å². The Hall–Kier alpha value is -3.62. The van der Waals surface area contributed by atoms with E-state index < -0.39 is 23.8 Å². The molecule has 8 nitrogen and oxygen atoms in total. The Morgan fingerprint density at radius 1 is 0.919 bits per heavy atom. The van der Waals surface area contributed by atoms with Crippen molar-refractivity contribution < 1.29 is 23.5 Å². The standard InChI is InChI=1S/C27H27Cl2N3O5/c1-15(2)24(31-25(33)19-9-11-21(28)22(29)13-19)26(34)32-30-14-20-10-12-23(37-20)17-5-7-18(8-6-17)27(35)36-16(3)4/h5-16,24H,1-4H3,(H,31,33)(H,32,34). The number of nitrogens with one attached hydrogen (secondary N) is 2. The Bertz CT molecular complexity index is 1300. The lowest BCUT2D eigenvalue weighted by Gasteiger charge is -2.20. The van der Waals surface area contributed by atoms with Gasteiger partial charge in [-0.3, -0.25) is 9.59 Å². The Balaban J connectivity index is 1.60. The van der Waals surface area contributed by atoms with Crippen LogP contribution in [0.4, 0.5) is 0 Å². The number of carbonyl (C=O) groups excluding carboxylic acids is 3. The fraction of sp³-hybridized carbons (Fsp3) is 0.259. The molecule has 10 heteroatoms. The smallest absolute Gasteiger partial charge is 0.338 e. The summed E-state index contributed by atoms with van der Waals surface area (Å²) in [6.07, 6.45) is 1.16. The number of hydrogen-bond acceptors (Lipinski definition) is 6. The van der Waals surface area contributed by atoms with Crippen molar-refractivity contribution in [2.75, 3.05) is 0 Å². The first-order valence-corrected chi connectivity index (χ1v) is 12.3. The van der Waals surface area contributed by atoms with Crippen molar-refractivity contribution in [2.24, 2.45) is 11.0 Å². The first-order chi connectivity index (χ1) is 17.5. The number of ether oxygens (including phenoxy) is 1. The zero-order valence-electron chi connectivity index (χ0n) is 20.7. The lowest BCUT2D eigenvalue weighted by Crippen LogP contribution is -2.48. The molecule has 0 bridgehead atoms. The molecular weight excluding hydrogens is 517 g/mol. The molecule has 0 radical (unpaired) electrons. The van der Waals surface area contributed by atoms with E-state index in [9.17, 15) is 14.4 Å². The molecule has 0 aliphatic rings. The van der Waals surface area contributed by atoms with Crippen LogP contribution in [-0.4, -0.2) is 36.1 Å². The average Bonchev–Trinajstić information content (AvgIpc) is 3.32. The molecule has 3 aromatic rings. The second-order valence-corrected chi connectivity index (χ2v) is 9.61. The number of hydrogen-bond donors (Lipinski definition) is 2. The third kappa shape index (κ3) is 7.68. The number of halogens is 2.